The Kier molecular flexibility index (Phi) is 4.80. The van der Waals surface area contributed by atoms with Gasteiger partial charge < -0.3 is 9.42 Å². The molecule has 4 nitrogen and oxygen atoms in total. The molecule has 1 aliphatic heterocycles. The number of halogens is 1. The third-order valence-corrected chi connectivity index (χ3v) is 5.74. The number of rotatable bonds is 3. The highest BCUT2D eigenvalue weighted by molar-refractivity contribution is 6.30. The molecule has 2 aliphatic rings. The summed E-state index contributed by atoms with van der Waals surface area (Å²) in [6.07, 6.45) is 7.77. The first-order chi connectivity index (χ1) is 12.2. The maximum Gasteiger partial charge on any atom is 0.223 e. The van der Waals surface area contributed by atoms with Crippen LogP contribution in [0, 0.1) is 5.92 Å². The van der Waals surface area contributed by atoms with E-state index in [1.165, 1.54) is 32.1 Å². The Morgan fingerprint density at radius 1 is 1.20 bits per heavy atom. The minimum atomic E-state index is 0.272. The second-order valence-electron chi connectivity index (χ2n) is 7.22. The van der Waals surface area contributed by atoms with Gasteiger partial charge in [0.2, 0.25) is 5.91 Å². The molecule has 0 bridgehead atoms. The Morgan fingerprint density at radius 2 is 1.96 bits per heavy atom. The molecule has 2 heterocycles. The maximum atomic E-state index is 12.6. The van der Waals surface area contributed by atoms with Gasteiger partial charge in [0.1, 0.15) is 5.69 Å². The van der Waals surface area contributed by atoms with Gasteiger partial charge in [-0.25, -0.2) is 0 Å². The third kappa shape index (κ3) is 3.59. The van der Waals surface area contributed by atoms with Crippen LogP contribution in [0.1, 0.15) is 49.8 Å². The quantitative estimate of drug-likeness (QED) is 0.787. The van der Waals surface area contributed by atoms with Crippen LogP contribution in [-0.2, 0) is 17.8 Å². The van der Waals surface area contributed by atoms with Gasteiger partial charge in [0.05, 0.1) is 6.54 Å². The fourth-order valence-electron chi connectivity index (χ4n) is 4.04. The number of hydrogen-bond acceptors (Lipinski definition) is 3. The monoisotopic (exact) mass is 358 g/mol. The van der Waals surface area contributed by atoms with E-state index < -0.39 is 0 Å². The molecule has 1 saturated carbocycles. The van der Waals surface area contributed by atoms with Crippen LogP contribution in [0.5, 0.6) is 0 Å². The molecule has 0 atom stereocenters. The van der Waals surface area contributed by atoms with Gasteiger partial charge in [-0.05, 0) is 49.4 Å². The number of nitrogens with zero attached hydrogens (tertiary/aromatic N) is 2. The fourth-order valence-corrected chi connectivity index (χ4v) is 4.17. The summed E-state index contributed by atoms with van der Waals surface area (Å²) in [7, 11) is 0. The zero-order chi connectivity index (χ0) is 17.2. The lowest BCUT2D eigenvalue weighted by molar-refractivity contribution is -0.133. The second kappa shape index (κ2) is 7.20. The van der Waals surface area contributed by atoms with Crippen LogP contribution in [0.15, 0.2) is 28.8 Å². The number of hydrogen-bond donors (Lipinski definition) is 0. The summed E-state index contributed by atoms with van der Waals surface area (Å²) in [5, 5.41) is 4.94. The van der Waals surface area contributed by atoms with Crippen LogP contribution >= 0.6 is 11.6 Å². The molecule has 1 aromatic heterocycles. The lowest BCUT2D eigenvalue weighted by atomic mass is 9.86. The SMILES string of the molecule is O=C(CC1CCCCC1)N1CCc2c(noc2-c2ccc(Cl)cc2)C1. The Hall–Kier alpha value is -1.81. The van der Waals surface area contributed by atoms with Crippen molar-refractivity contribution in [2.24, 2.45) is 5.92 Å². The molecule has 1 fully saturated rings. The molecule has 1 aromatic carbocycles. The Morgan fingerprint density at radius 3 is 2.72 bits per heavy atom. The number of amides is 1. The van der Waals surface area contributed by atoms with E-state index in [-0.39, 0.29) is 5.91 Å². The van der Waals surface area contributed by atoms with Gasteiger partial charge in [-0.15, -0.1) is 0 Å². The average Bonchev–Trinajstić information content (AvgIpc) is 3.06. The minimum Gasteiger partial charge on any atom is -0.356 e. The highest BCUT2D eigenvalue weighted by Crippen LogP contribution is 2.32. The molecule has 1 amide bonds. The van der Waals surface area contributed by atoms with Gasteiger partial charge in [-0.2, -0.15) is 0 Å². The molecular formula is C20H23ClN2O2. The van der Waals surface area contributed by atoms with E-state index in [1.54, 1.807) is 0 Å². The lowest BCUT2D eigenvalue weighted by Crippen LogP contribution is -2.37. The van der Waals surface area contributed by atoms with Crippen molar-refractivity contribution < 1.29 is 9.32 Å². The highest BCUT2D eigenvalue weighted by Gasteiger charge is 2.28. The molecule has 0 unspecified atom stereocenters. The van der Waals surface area contributed by atoms with Crippen LogP contribution in [0.4, 0.5) is 0 Å². The van der Waals surface area contributed by atoms with Crippen LogP contribution in [0.2, 0.25) is 5.02 Å². The largest absolute Gasteiger partial charge is 0.356 e. The highest BCUT2D eigenvalue weighted by atomic mass is 35.5. The van der Waals surface area contributed by atoms with Gasteiger partial charge in [-0.1, -0.05) is 36.0 Å². The summed E-state index contributed by atoms with van der Waals surface area (Å²) in [6.45, 7) is 1.32. The first-order valence-corrected chi connectivity index (χ1v) is 9.59. The predicted octanol–water partition coefficient (Wildman–Crippen LogP) is 4.85. The Balaban J connectivity index is 1.45. The molecule has 0 N–H and O–H groups in total. The molecule has 0 saturated heterocycles. The third-order valence-electron chi connectivity index (χ3n) is 5.49. The van der Waals surface area contributed by atoms with Crippen molar-refractivity contribution in [2.45, 2.75) is 51.5 Å². The molecule has 2 aromatic rings. The van der Waals surface area contributed by atoms with Crippen molar-refractivity contribution in [3.8, 4) is 11.3 Å². The standard InChI is InChI=1S/C20H23ClN2O2/c21-16-8-6-15(7-9-16)20-17-10-11-23(13-18(17)22-25-20)19(24)12-14-4-2-1-3-5-14/h6-9,14H,1-5,10-13H2. The summed E-state index contributed by atoms with van der Waals surface area (Å²) < 4.78 is 5.59. The molecule has 0 radical (unpaired) electrons. The van der Waals surface area contributed by atoms with Crippen molar-refractivity contribution in [3.63, 3.8) is 0 Å². The van der Waals surface area contributed by atoms with Crippen molar-refractivity contribution >= 4 is 17.5 Å². The Labute approximate surface area is 153 Å². The van der Waals surface area contributed by atoms with Crippen molar-refractivity contribution in [3.05, 3.63) is 40.5 Å². The van der Waals surface area contributed by atoms with E-state index >= 15 is 0 Å². The molecule has 25 heavy (non-hydrogen) atoms. The molecule has 132 valence electrons. The molecular weight excluding hydrogens is 336 g/mol. The van der Waals surface area contributed by atoms with Crippen LogP contribution in [0.25, 0.3) is 11.3 Å². The van der Waals surface area contributed by atoms with E-state index in [0.717, 1.165) is 35.5 Å². The molecule has 0 spiro atoms. The van der Waals surface area contributed by atoms with E-state index in [1.807, 2.05) is 29.2 Å². The minimum absolute atomic E-state index is 0.272. The smallest absolute Gasteiger partial charge is 0.223 e. The maximum absolute atomic E-state index is 12.6. The zero-order valence-corrected chi connectivity index (χ0v) is 15.1. The number of aromatic nitrogens is 1. The summed E-state index contributed by atoms with van der Waals surface area (Å²) >= 11 is 5.96. The second-order valence-corrected chi connectivity index (χ2v) is 7.65. The predicted molar refractivity (Wildman–Crippen MR) is 97.3 cm³/mol. The number of fused-ring (bicyclic) bond motifs is 1. The lowest BCUT2D eigenvalue weighted by Gasteiger charge is -2.29. The van der Waals surface area contributed by atoms with Gasteiger partial charge in [0.15, 0.2) is 5.76 Å². The van der Waals surface area contributed by atoms with Gasteiger partial charge in [-0.3, -0.25) is 4.79 Å². The van der Waals surface area contributed by atoms with Crippen molar-refractivity contribution in [2.75, 3.05) is 6.54 Å². The number of benzene rings is 1. The first-order valence-electron chi connectivity index (χ1n) is 9.22. The van der Waals surface area contributed by atoms with Crippen LogP contribution < -0.4 is 0 Å². The topological polar surface area (TPSA) is 46.3 Å². The molecule has 5 heteroatoms. The van der Waals surface area contributed by atoms with Crippen LogP contribution in [-0.4, -0.2) is 22.5 Å². The number of carbonyl (C=O) groups excluding carboxylic acids is 1. The fraction of sp³-hybridized carbons (Fsp3) is 0.500. The summed E-state index contributed by atoms with van der Waals surface area (Å²) in [5.41, 5.74) is 3.01. The van der Waals surface area contributed by atoms with E-state index in [2.05, 4.69) is 5.16 Å². The van der Waals surface area contributed by atoms with Crippen molar-refractivity contribution in [1.82, 2.24) is 10.1 Å². The molecule has 1 aliphatic carbocycles. The first kappa shape index (κ1) is 16.6. The van der Waals surface area contributed by atoms with Gasteiger partial charge in [0, 0.05) is 29.1 Å². The van der Waals surface area contributed by atoms with Gasteiger partial charge >= 0.3 is 0 Å². The van der Waals surface area contributed by atoms with E-state index in [9.17, 15) is 4.79 Å². The summed E-state index contributed by atoms with van der Waals surface area (Å²) in [6, 6.07) is 7.61. The Bertz CT molecular complexity index is 748. The zero-order valence-electron chi connectivity index (χ0n) is 14.3. The average molecular weight is 359 g/mol. The van der Waals surface area contributed by atoms with E-state index in [4.69, 9.17) is 16.1 Å². The summed E-state index contributed by atoms with van der Waals surface area (Å²) in [5.74, 6) is 1.66. The van der Waals surface area contributed by atoms with Crippen LogP contribution in [0.3, 0.4) is 0 Å². The van der Waals surface area contributed by atoms with Crippen molar-refractivity contribution in [1.29, 1.82) is 0 Å². The van der Waals surface area contributed by atoms with Gasteiger partial charge in [0.25, 0.3) is 0 Å². The normalized spacial score (nSPS) is 18.2. The number of carbonyl (C=O) groups is 1. The molecule has 4 rings (SSSR count). The van der Waals surface area contributed by atoms with E-state index in [0.29, 0.717) is 23.9 Å². The summed E-state index contributed by atoms with van der Waals surface area (Å²) in [4.78, 5) is 14.6.